The van der Waals surface area contributed by atoms with Crippen LogP contribution in [0.15, 0.2) is 30.3 Å². The molecule has 1 heterocycles. The molecule has 1 aliphatic heterocycles. The van der Waals surface area contributed by atoms with E-state index in [1.807, 2.05) is 0 Å². The third kappa shape index (κ3) is 6.19. The van der Waals surface area contributed by atoms with Crippen molar-refractivity contribution in [3.63, 3.8) is 0 Å². The Bertz CT molecular complexity index is 368. The summed E-state index contributed by atoms with van der Waals surface area (Å²) in [4.78, 5) is 2.66. The normalized spacial score (nSPS) is 18.8. The molecule has 1 aromatic carbocycles. The first kappa shape index (κ1) is 16.5. The second-order valence-corrected chi connectivity index (χ2v) is 6.80. The van der Waals surface area contributed by atoms with Gasteiger partial charge in [-0.15, -0.1) is 0 Å². The standard InChI is InChI=1S/C19H32N2/c1-17(9-12-20)6-5-13-21-14-10-19(11-15-21)16-18-7-3-2-4-8-18/h2-4,7-8,17,19H,5-6,9-16,20H2,1H3. The lowest BCUT2D eigenvalue weighted by Gasteiger charge is -2.32. The minimum atomic E-state index is 0.797. The fraction of sp³-hybridized carbons (Fsp3) is 0.684. The Kier molecular flexibility index (Phi) is 7.25. The highest BCUT2D eigenvalue weighted by Crippen LogP contribution is 2.22. The predicted molar refractivity (Wildman–Crippen MR) is 91.4 cm³/mol. The van der Waals surface area contributed by atoms with Crippen LogP contribution in [0.4, 0.5) is 0 Å². The van der Waals surface area contributed by atoms with Gasteiger partial charge in [0.2, 0.25) is 0 Å². The van der Waals surface area contributed by atoms with Crippen molar-refractivity contribution in [1.82, 2.24) is 4.90 Å². The van der Waals surface area contributed by atoms with Gasteiger partial charge in [-0.25, -0.2) is 0 Å². The molecule has 1 unspecified atom stereocenters. The van der Waals surface area contributed by atoms with E-state index >= 15 is 0 Å². The van der Waals surface area contributed by atoms with Crippen LogP contribution in [0.2, 0.25) is 0 Å². The summed E-state index contributed by atoms with van der Waals surface area (Å²) in [6, 6.07) is 11.0. The fourth-order valence-corrected chi connectivity index (χ4v) is 3.45. The number of likely N-dealkylation sites (tertiary alicyclic amines) is 1. The van der Waals surface area contributed by atoms with Gasteiger partial charge in [0.15, 0.2) is 0 Å². The molecule has 21 heavy (non-hydrogen) atoms. The predicted octanol–water partition coefficient (Wildman–Crippen LogP) is 3.71. The van der Waals surface area contributed by atoms with Gasteiger partial charge in [0.25, 0.3) is 0 Å². The summed E-state index contributed by atoms with van der Waals surface area (Å²) in [6.45, 7) is 7.05. The Morgan fingerprint density at radius 1 is 1.14 bits per heavy atom. The van der Waals surface area contributed by atoms with E-state index < -0.39 is 0 Å². The first-order chi connectivity index (χ1) is 10.3. The molecule has 2 N–H and O–H groups in total. The van der Waals surface area contributed by atoms with Crippen LogP contribution in [-0.4, -0.2) is 31.1 Å². The summed E-state index contributed by atoms with van der Waals surface area (Å²) in [5.74, 6) is 1.69. The number of hydrogen-bond donors (Lipinski definition) is 1. The molecule has 0 spiro atoms. The van der Waals surface area contributed by atoms with Crippen LogP contribution in [-0.2, 0) is 6.42 Å². The van der Waals surface area contributed by atoms with Crippen molar-refractivity contribution in [2.75, 3.05) is 26.2 Å². The molecule has 1 saturated heterocycles. The maximum absolute atomic E-state index is 5.61. The molecule has 0 bridgehead atoms. The van der Waals surface area contributed by atoms with Gasteiger partial charge in [-0.05, 0) is 82.1 Å². The molecule has 1 aromatic rings. The van der Waals surface area contributed by atoms with E-state index in [-0.39, 0.29) is 0 Å². The number of piperidine rings is 1. The van der Waals surface area contributed by atoms with Crippen molar-refractivity contribution in [1.29, 1.82) is 0 Å². The average molecular weight is 288 g/mol. The maximum Gasteiger partial charge on any atom is -0.00160 e. The fourth-order valence-electron chi connectivity index (χ4n) is 3.45. The molecule has 0 amide bonds. The quantitative estimate of drug-likeness (QED) is 0.790. The summed E-state index contributed by atoms with van der Waals surface area (Å²) < 4.78 is 0. The molecule has 1 fully saturated rings. The topological polar surface area (TPSA) is 29.3 Å². The molecular weight excluding hydrogens is 256 g/mol. The molecule has 118 valence electrons. The van der Waals surface area contributed by atoms with Gasteiger partial charge in [-0.2, -0.15) is 0 Å². The molecule has 1 atom stereocenters. The van der Waals surface area contributed by atoms with Crippen molar-refractivity contribution in [2.45, 2.75) is 45.4 Å². The highest BCUT2D eigenvalue weighted by Gasteiger charge is 2.19. The molecule has 0 saturated carbocycles. The lowest BCUT2D eigenvalue weighted by Crippen LogP contribution is -2.35. The maximum atomic E-state index is 5.61. The van der Waals surface area contributed by atoms with Gasteiger partial charge in [-0.3, -0.25) is 0 Å². The highest BCUT2D eigenvalue weighted by atomic mass is 15.1. The third-order valence-corrected chi connectivity index (χ3v) is 4.91. The van der Waals surface area contributed by atoms with Crippen molar-refractivity contribution < 1.29 is 0 Å². The number of nitrogens with two attached hydrogens (primary N) is 1. The summed E-state index contributed by atoms with van der Waals surface area (Å²) in [7, 11) is 0. The SMILES string of the molecule is CC(CCN)CCCN1CCC(Cc2ccccc2)CC1. The van der Waals surface area contributed by atoms with Gasteiger partial charge in [0.05, 0.1) is 0 Å². The Morgan fingerprint density at radius 3 is 2.52 bits per heavy atom. The van der Waals surface area contributed by atoms with Gasteiger partial charge in [0, 0.05) is 0 Å². The Labute approximate surface area is 130 Å². The number of rotatable bonds is 8. The second kappa shape index (κ2) is 9.22. The van der Waals surface area contributed by atoms with E-state index in [9.17, 15) is 0 Å². The van der Waals surface area contributed by atoms with E-state index in [1.165, 1.54) is 63.7 Å². The minimum absolute atomic E-state index is 0.797. The van der Waals surface area contributed by atoms with E-state index in [1.54, 1.807) is 0 Å². The largest absolute Gasteiger partial charge is 0.330 e. The van der Waals surface area contributed by atoms with Crippen LogP contribution < -0.4 is 5.73 Å². The third-order valence-electron chi connectivity index (χ3n) is 4.91. The van der Waals surface area contributed by atoms with E-state index in [0.717, 1.165) is 18.4 Å². The van der Waals surface area contributed by atoms with Gasteiger partial charge in [-0.1, -0.05) is 37.3 Å². The first-order valence-corrected chi connectivity index (χ1v) is 8.74. The highest BCUT2D eigenvalue weighted by molar-refractivity contribution is 5.15. The molecule has 2 heteroatoms. The van der Waals surface area contributed by atoms with Crippen molar-refractivity contribution in [3.05, 3.63) is 35.9 Å². The van der Waals surface area contributed by atoms with Crippen molar-refractivity contribution in [3.8, 4) is 0 Å². The van der Waals surface area contributed by atoms with Crippen molar-refractivity contribution in [2.24, 2.45) is 17.6 Å². The van der Waals surface area contributed by atoms with Crippen molar-refractivity contribution >= 4 is 0 Å². The number of nitrogens with zero attached hydrogens (tertiary/aromatic N) is 1. The summed E-state index contributed by atoms with van der Waals surface area (Å²) >= 11 is 0. The van der Waals surface area contributed by atoms with Crippen LogP contribution in [0.1, 0.15) is 44.6 Å². The zero-order valence-corrected chi connectivity index (χ0v) is 13.6. The van der Waals surface area contributed by atoms with Gasteiger partial charge >= 0.3 is 0 Å². The van der Waals surface area contributed by atoms with E-state index in [4.69, 9.17) is 5.73 Å². The molecule has 0 aromatic heterocycles. The van der Waals surface area contributed by atoms with E-state index in [2.05, 4.69) is 42.2 Å². The first-order valence-electron chi connectivity index (χ1n) is 8.74. The van der Waals surface area contributed by atoms with Gasteiger partial charge in [0.1, 0.15) is 0 Å². The average Bonchev–Trinajstić information content (AvgIpc) is 2.50. The van der Waals surface area contributed by atoms with Crippen LogP contribution in [0.3, 0.4) is 0 Å². The molecule has 2 nitrogen and oxygen atoms in total. The Balaban J connectivity index is 1.60. The van der Waals surface area contributed by atoms with Crippen LogP contribution in [0.25, 0.3) is 0 Å². The molecule has 2 rings (SSSR count). The lowest BCUT2D eigenvalue weighted by atomic mass is 9.90. The van der Waals surface area contributed by atoms with Crippen LogP contribution in [0, 0.1) is 11.8 Å². The Hall–Kier alpha value is -0.860. The number of benzene rings is 1. The molecular formula is C19H32N2. The monoisotopic (exact) mass is 288 g/mol. The minimum Gasteiger partial charge on any atom is -0.330 e. The summed E-state index contributed by atoms with van der Waals surface area (Å²) in [6.07, 6.45) is 7.85. The second-order valence-electron chi connectivity index (χ2n) is 6.80. The molecule has 1 aliphatic rings. The van der Waals surface area contributed by atoms with Gasteiger partial charge < -0.3 is 10.6 Å². The zero-order valence-electron chi connectivity index (χ0n) is 13.6. The van der Waals surface area contributed by atoms with Crippen LogP contribution in [0.5, 0.6) is 0 Å². The number of hydrogen-bond acceptors (Lipinski definition) is 2. The lowest BCUT2D eigenvalue weighted by molar-refractivity contribution is 0.178. The molecule has 0 radical (unpaired) electrons. The molecule has 0 aliphatic carbocycles. The Morgan fingerprint density at radius 2 is 1.86 bits per heavy atom. The van der Waals surface area contributed by atoms with E-state index in [0.29, 0.717) is 0 Å². The zero-order chi connectivity index (χ0) is 14.9. The smallest absolute Gasteiger partial charge is 0.00160 e. The van der Waals surface area contributed by atoms with Crippen LogP contribution >= 0.6 is 0 Å². The summed E-state index contributed by atoms with van der Waals surface area (Å²) in [5.41, 5.74) is 7.12. The summed E-state index contributed by atoms with van der Waals surface area (Å²) in [5, 5.41) is 0.